The minimum absolute atomic E-state index is 0.312. The minimum Gasteiger partial charge on any atom is -0.456 e. The smallest absolute Gasteiger partial charge is 0.159 e. The van der Waals surface area contributed by atoms with Crippen LogP contribution in [0.25, 0.3) is 96.7 Å². The molecule has 3 heterocycles. The van der Waals surface area contributed by atoms with Crippen molar-refractivity contribution in [2.24, 2.45) is 9.98 Å². The van der Waals surface area contributed by atoms with Crippen LogP contribution in [-0.4, -0.2) is 11.7 Å². The lowest BCUT2D eigenvalue weighted by Gasteiger charge is -2.24. The maximum Gasteiger partial charge on any atom is 0.159 e. The summed E-state index contributed by atoms with van der Waals surface area (Å²) < 4.78 is 8.83. The fourth-order valence-corrected chi connectivity index (χ4v) is 10.7. The van der Waals surface area contributed by atoms with E-state index in [0.717, 1.165) is 50.0 Å². The molecule has 10 aromatic carbocycles. The van der Waals surface area contributed by atoms with Gasteiger partial charge in [-0.15, -0.1) is 11.3 Å². The van der Waals surface area contributed by atoms with E-state index in [1.54, 1.807) is 0 Å². The van der Waals surface area contributed by atoms with E-state index in [1.807, 2.05) is 41.7 Å². The number of rotatable bonds is 5. The molecule has 0 radical (unpaired) electrons. The molecule has 0 spiro atoms. The first-order chi connectivity index (χ1) is 30.7. The fraction of sp³-hybridized carbons (Fsp3) is 0.0175. The summed E-state index contributed by atoms with van der Waals surface area (Å²) in [7, 11) is 0. The van der Waals surface area contributed by atoms with E-state index in [2.05, 4.69) is 175 Å². The zero-order chi connectivity index (χ0) is 40.7. The van der Waals surface area contributed by atoms with Crippen molar-refractivity contribution in [2.75, 3.05) is 0 Å². The molecule has 62 heavy (non-hydrogen) atoms. The van der Waals surface area contributed by atoms with Crippen molar-refractivity contribution < 1.29 is 4.42 Å². The number of aliphatic imine (C=N–C) groups is 2. The summed E-state index contributed by atoms with van der Waals surface area (Å²) in [5.41, 5.74) is 9.50. The lowest BCUT2D eigenvalue weighted by Crippen LogP contribution is -2.33. The predicted octanol–water partition coefficient (Wildman–Crippen LogP) is 15.2. The Morgan fingerprint density at radius 1 is 0.403 bits per heavy atom. The largest absolute Gasteiger partial charge is 0.456 e. The molecule has 0 aliphatic carbocycles. The third kappa shape index (κ3) is 5.52. The topological polar surface area (TPSA) is 49.9 Å². The third-order valence-corrected chi connectivity index (χ3v) is 13.7. The average molecular weight is 810 g/mol. The van der Waals surface area contributed by atoms with Gasteiger partial charge in [-0.3, -0.25) is 0 Å². The minimum atomic E-state index is -0.312. The molecule has 0 fully saturated rings. The lowest BCUT2D eigenvalue weighted by molar-refractivity contribution is 0.667. The summed E-state index contributed by atoms with van der Waals surface area (Å²) in [6.07, 6.45) is -0.312. The van der Waals surface area contributed by atoms with E-state index in [-0.39, 0.29) is 6.17 Å². The van der Waals surface area contributed by atoms with Crippen LogP contribution in [0, 0.1) is 0 Å². The number of benzene rings is 10. The second kappa shape index (κ2) is 13.8. The van der Waals surface area contributed by atoms with E-state index in [1.165, 1.54) is 69.2 Å². The molecule has 1 unspecified atom stereocenters. The summed E-state index contributed by atoms with van der Waals surface area (Å²) in [4.78, 5) is 10.4. The Bertz CT molecular complexity index is 3800. The quantitative estimate of drug-likeness (QED) is 0.176. The first kappa shape index (κ1) is 34.9. The van der Waals surface area contributed by atoms with Crippen LogP contribution in [-0.2, 0) is 0 Å². The zero-order valence-corrected chi connectivity index (χ0v) is 34.2. The highest BCUT2D eigenvalue weighted by Crippen LogP contribution is 2.43. The predicted molar refractivity (Wildman–Crippen MR) is 262 cm³/mol. The van der Waals surface area contributed by atoms with Crippen LogP contribution < -0.4 is 5.32 Å². The third-order valence-electron chi connectivity index (χ3n) is 12.5. The molecule has 0 bridgehead atoms. The highest BCUT2D eigenvalue weighted by Gasteiger charge is 2.24. The Hall–Kier alpha value is -7.86. The van der Waals surface area contributed by atoms with E-state index in [9.17, 15) is 0 Å². The fourth-order valence-electron chi connectivity index (χ4n) is 9.63. The molecular weight excluding hydrogens is 775 g/mol. The van der Waals surface area contributed by atoms with Gasteiger partial charge in [0, 0.05) is 42.1 Å². The Labute approximate surface area is 360 Å². The van der Waals surface area contributed by atoms with Gasteiger partial charge in [0.05, 0.1) is 0 Å². The second-order valence-electron chi connectivity index (χ2n) is 16.1. The van der Waals surface area contributed by atoms with Gasteiger partial charge >= 0.3 is 0 Å². The van der Waals surface area contributed by atoms with Gasteiger partial charge in [-0.25, -0.2) is 9.98 Å². The molecule has 1 aliphatic rings. The zero-order valence-electron chi connectivity index (χ0n) is 33.3. The summed E-state index contributed by atoms with van der Waals surface area (Å²) in [5.74, 6) is 1.45. The Kier molecular flexibility index (Phi) is 7.81. The summed E-state index contributed by atoms with van der Waals surface area (Å²) in [5, 5.41) is 16.1. The second-order valence-corrected chi connectivity index (χ2v) is 17.2. The highest BCUT2D eigenvalue weighted by atomic mass is 32.1. The number of nitrogens with one attached hydrogen (secondary N) is 1. The molecule has 1 atom stereocenters. The van der Waals surface area contributed by atoms with E-state index in [0.29, 0.717) is 5.84 Å². The van der Waals surface area contributed by atoms with Gasteiger partial charge < -0.3 is 9.73 Å². The maximum absolute atomic E-state index is 6.27. The molecule has 0 saturated heterocycles. The molecule has 5 heteroatoms. The normalized spacial score (nSPS) is 14.3. The number of hydrogen-bond donors (Lipinski definition) is 1. The first-order valence-corrected chi connectivity index (χ1v) is 21.8. The monoisotopic (exact) mass is 809 g/mol. The van der Waals surface area contributed by atoms with Crippen molar-refractivity contribution in [1.29, 1.82) is 0 Å². The number of thiophene rings is 1. The van der Waals surface area contributed by atoms with Crippen molar-refractivity contribution in [3.8, 4) is 22.3 Å². The number of fused-ring (bicyclic) bond motifs is 12. The Morgan fingerprint density at radius 2 is 0.984 bits per heavy atom. The van der Waals surface area contributed by atoms with E-state index >= 15 is 0 Å². The van der Waals surface area contributed by atoms with Gasteiger partial charge in [-0.1, -0.05) is 164 Å². The van der Waals surface area contributed by atoms with Gasteiger partial charge in [-0.05, 0) is 96.5 Å². The van der Waals surface area contributed by atoms with E-state index < -0.39 is 0 Å². The molecule has 2 aromatic heterocycles. The number of amidine groups is 2. The first-order valence-electron chi connectivity index (χ1n) is 21.0. The molecule has 13 rings (SSSR count). The van der Waals surface area contributed by atoms with Gasteiger partial charge in [0.1, 0.15) is 23.2 Å². The molecular formula is C57H35N3OS. The average Bonchev–Trinajstić information content (AvgIpc) is 3.93. The molecule has 1 aliphatic heterocycles. The van der Waals surface area contributed by atoms with Crippen LogP contribution in [0.4, 0.5) is 0 Å². The van der Waals surface area contributed by atoms with E-state index in [4.69, 9.17) is 14.4 Å². The maximum atomic E-state index is 6.27. The summed E-state index contributed by atoms with van der Waals surface area (Å²) in [6.45, 7) is 0. The Balaban J connectivity index is 0.909. The molecule has 4 nitrogen and oxygen atoms in total. The molecule has 290 valence electrons. The van der Waals surface area contributed by atoms with Crippen LogP contribution in [0.15, 0.2) is 215 Å². The van der Waals surface area contributed by atoms with Crippen LogP contribution in [0.1, 0.15) is 22.9 Å². The van der Waals surface area contributed by atoms with Crippen molar-refractivity contribution >= 4 is 97.4 Å². The summed E-state index contributed by atoms with van der Waals surface area (Å²) in [6, 6.07) is 71.7. The standard InChI is InChI=1S/C57H35N3OS/c1-2-12-35(13-3-1)55-58-56(60-57(59-55)46-20-10-22-50-53(46)45-18-8-9-21-49(45)61-50)36-26-24-34(25-27-36)39-19-11-23-52-54(39)48-33-38(29-31-51(48)62-52)37-28-30-44-42-16-5-4-14-40(42)41-15-6-7-17-43(41)47(44)32-37/h1-33,55H,(H,58,59,60). The number of nitrogens with zero attached hydrogens (tertiary/aromatic N) is 2. The number of furan rings is 1. The number of hydrogen-bond acceptors (Lipinski definition) is 5. The van der Waals surface area contributed by atoms with Gasteiger partial charge in [0.2, 0.25) is 0 Å². The van der Waals surface area contributed by atoms with Crippen molar-refractivity contribution in [3.63, 3.8) is 0 Å². The molecule has 1 N–H and O–H groups in total. The SMILES string of the molecule is c1ccc(C2N=C(c3ccc(-c4cccc5sc6ccc(-c7ccc8c9ccccc9c9ccccc9c8c7)cc6c45)cc3)N=C(c3cccc4oc5ccccc5c34)N2)cc1. The van der Waals surface area contributed by atoms with Crippen LogP contribution in [0.2, 0.25) is 0 Å². The van der Waals surface area contributed by atoms with Crippen LogP contribution in [0.5, 0.6) is 0 Å². The molecule has 0 saturated carbocycles. The van der Waals surface area contributed by atoms with Crippen molar-refractivity contribution in [1.82, 2.24) is 5.32 Å². The highest BCUT2D eigenvalue weighted by molar-refractivity contribution is 7.26. The van der Waals surface area contributed by atoms with Crippen molar-refractivity contribution in [2.45, 2.75) is 6.17 Å². The lowest BCUT2D eigenvalue weighted by atomic mass is 9.91. The molecule has 0 amide bonds. The van der Waals surface area contributed by atoms with Gasteiger partial charge in [0.25, 0.3) is 0 Å². The van der Waals surface area contributed by atoms with Crippen molar-refractivity contribution in [3.05, 3.63) is 217 Å². The van der Waals surface area contributed by atoms with Gasteiger partial charge in [-0.2, -0.15) is 0 Å². The summed E-state index contributed by atoms with van der Waals surface area (Å²) >= 11 is 1.85. The number of para-hydroxylation sites is 1. The molecule has 12 aromatic rings. The Morgan fingerprint density at radius 3 is 1.76 bits per heavy atom. The van der Waals surface area contributed by atoms with Crippen LogP contribution >= 0.6 is 11.3 Å². The van der Waals surface area contributed by atoms with Crippen LogP contribution in [0.3, 0.4) is 0 Å². The van der Waals surface area contributed by atoms with Gasteiger partial charge in [0.15, 0.2) is 5.84 Å².